The lowest BCUT2D eigenvalue weighted by Crippen LogP contribution is -2.06. The zero-order valence-electron chi connectivity index (χ0n) is 11.2. The lowest BCUT2D eigenvalue weighted by Gasteiger charge is -2.08. The molecule has 0 fully saturated rings. The standard InChI is InChI=1S/C16H14BrFO2/c1-10-7-12(18)3-5-14(10)16(19)9-11-8-13(20-2)4-6-15(11)17/h3-8H,9H2,1-2H3. The molecule has 0 saturated carbocycles. The van der Waals surface area contributed by atoms with E-state index in [1.54, 1.807) is 14.0 Å². The highest BCUT2D eigenvalue weighted by molar-refractivity contribution is 9.10. The fourth-order valence-corrected chi connectivity index (χ4v) is 2.41. The number of hydrogen-bond donors (Lipinski definition) is 0. The van der Waals surface area contributed by atoms with E-state index < -0.39 is 0 Å². The van der Waals surface area contributed by atoms with E-state index >= 15 is 0 Å². The van der Waals surface area contributed by atoms with Gasteiger partial charge in [0.25, 0.3) is 0 Å². The third kappa shape index (κ3) is 3.25. The molecule has 0 spiro atoms. The van der Waals surface area contributed by atoms with E-state index in [0.29, 0.717) is 16.9 Å². The molecule has 0 unspecified atom stereocenters. The Balaban J connectivity index is 2.27. The zero-order chi connectivity index (χ0) is 14.7. The largest absolute Gasteiger partial charge is 0.497 e. The smallest absolute Gasteiger partial charge is 0.167 e. The maximum atomic E-state index is 13.1. The van der Waals surface area contributed by atoms with Crippen molar-refractivity contribution in [3.63, 3.8) is 0 Å². The number of ether oxygens (including phenoxy) is 1. The van der Waals surface area contributed by atoms with Crippen molar-refractivity contribution in [3.05, 3.63) is 63.4 Å². The lowest BCUT2D eigenvalue weighted by atomic mass is 9.99. The first-order valence-electron chi connectivity index (χ1n) is 6.13. The molecule has 0 atom stereocenters. The number of ketones is 1. The Bertz CT molecular complexity index is 653. The van der Waals surface area contributed by atoms with Crippen LogP contribution in [-0.4, -0.2) is 12.9 Å². The summed E-state index contributed by atoms with van der Waals surface area (Å²) in [6.45, 7) is 1.73. The summed E-state index contributed by atoms with van der Waals surface area (Å²) in [5.41, 5.74) is 2.04. The minimum absolute atomic E-state index is 0.0450. The number of benzene rings is 2. The van der Waals surface area contributed by atoms with Gasteiger partial charge in [0.05, 0.1) is 7.11 Å². The predicted octanol–water partition coefficient (Wildman–Crippen LogP) is 4.33. The Kier molecular flexibility index (Phi) is 4.55. The molecule has 0 radical (unpaired) electrons. The molecule has 0 saturated heterocycles. The van der Waals surface area contributed by atoms with Crippen LogP contribution in [0, 0.1) is 12.7 Å². The molecule has 2 rings (SSSR count). The molecular weight excluding hydrogens is 323 g/mol. The summed E-state index contributed by atoms with van der Waals surface area (Å²) in [5.74, 6) is 0.324. The van der Waals surface area contributed by atoms with Crippen molar-refractivity contribution in [2.45, 2.75) is 13.3 Å². The topological polar surface area (TPSA) is 26.3 Å². The highest BCUT2D eigenvalue weighted by Gasteiger charge is 2.13. The van der Waals surface area contributed by atoms with Gasteiger partial charge in [0.15, 0.2) is 5.78 Å². The van der Waals surface area contributed by atoms with Gasteiger partial charge in [-0.05, 0) is 54.4 Å². The van der Waals surface area contributed by atoms with Gasteiger partial charge in [-0.2, -0.15) is 0 Å². The average Bonchev–Trinajstić information content (AvgIpc) is 2.41. The number of rotatable bonds is 4. The molecule has 104 valence electrons. The molecule has 4 heteroatoms. The van der Waals surface area contributed by atoms with Crippen LogP contribution in [0.3, 0.4) is 0 Å². The minimum atomic E-state index is -0.332. The van der Waals surface area contributed by atoms with Crippen LogP contribution in [0.25, 0.3) is 0 Å². The Morgan fingerprint density at radius 2 is 2.00 bits per heavy atom. The van der Waals surface area contributed by atoms with Crippen molar-refractivity contribution in [2.24, 2.45) is 0 Å². The Labute approximate surface area is 125 Å². The number of halogens is 2. The van der Waals surface area contributed by atoms with Crippen LogP contribution >= 0.6 is 15.9 Å². The van der Waals surface area contributed by atoms with Crippen molar-refractivity contribution in [2.75, 3.05) is 7.11 Å². The van der Waals surface area contributed by atoms with E-state index in [-0.39, 0.29) is 18.0 Å². The first kappa shape index (κ1) is 14.7. The molecule has 2 aromatic carbocycles. The third-order valence-electron chi connectivity index (χ3n) is 3.09. The maximum absolute atomic E-state index is 13.1. The van der Waals surface area contributed by atoms with Crippen molar-refractivity contribution in [3.8, 4) is 5.75 Å². The molecule has 0 aliphatic rings. The second-order valence-electron chi connectivity index (χ2n) is 4.52. The van der Waals surface area contributed by atoms with Crippen molar-refractivity contribution in [1.82, 2.24) is 0 Å². The molecular formula is C16H14BrFO2. The molecule has 0 amide bonds. The summed E-state index contributed by atoms with van der Waals surface area (Å²) in [4.78, 5) is 12.3. The van der Waals surface area contributed by atoms with Crippen LogP contribution in [0.1, 0.15) is 21.5 Å². The summed E-state index contributed by atoms with van der Waals surface area (Å²) in [7, 11) is 1.58. The molecule has 0 aliphatic heterocycles. The molecule has 0 N–H and O–H groups in total. The first-order chi connectivity index (χ1) is 9.51. The van der Waals surface area contributed by atoms with Crippen LogP contribution in [0.2, 0.25) is 0 Å². The number of aryl methyl sites for hydroxylation is 1. The molecule has 0 aliphatic carbocycles. The summed E-state index contributed by atoms with van der Waals surface area (Å²) in [6, 6.07) is 9.69. The summed E-state index contributed by atoms with van der Waals surface area (Å²) in [5, 5.41) is 0. The zero-order valence-corrected chi connectivity index (χ0v) is 12.8. The van der Waals surface area contributed by atoms with E-state index in [2.05, 4.69) is 15.9 Å². The van der Waals surface area contributed by atoms with Crippen molar-refractivity contribution < 1.29 is 13.9 Å². The summed E-state index contributed by atoms with van der Waals surface area (Å²) >= 11 is 3.42. The quantitative estimate of drug-likeness (QED) is 0.776. The van der Waals surface area contributed by atoms with E-state index in [0.717, 1.165) is 10.0 Å². The Hall–Kier alpha value is -1.68. The van der Waals surface area contributed by atoms with Crippen LogP contribution in [0.15, 0.2) is 40.9 Å². The van der Waals surface area contributed by atoms with Crippen molar-refractivity contribution >= 4 is 21.7 Å². The fraction of sp³-hybridized carbons (Fsp3) is 0.188. The van der Waals surface area contributed by atoms with Crippen LogP contribution in [0.5, 0.6) is 5.75 Å². The van der Waals surface area contributed by atoms with E-state index in [4.69, 9.17) is 4.74 Å². The molecule has 2 aromatic rings. The van der Waals surface area contributed by atoms with Gasteiger partial charge < -0.3 is 4.74 Å². The second-order valence-corrected chi connectivity index (χ2v) is 5.37. The maximum Gasteiger partial charge on any atom is 0.167 e. The highest BCUT2D eigenvalue weighted by Crippen LogP contribution is 2.24. The number of Topliss-reactive ketones (excluding diaryl/α,β-unsaturated/α-hetero) is 1. The average molecular weight is 337 g/mol. The van der Waals surface area contributed by atoms with Gasteiger partial charge >= 0.3 is 0 Å². The number of carbonyl (C=O) groups excluding carboxylic acids is 1. The van der Waals surface area contributed by atoms with E-state index in [9.17, 15) is 9.18 Å². The SMILES string of the molecule is COc1ccc(Br)c(CC(=O)c2ccc(F)cc2C)c1. The number of hydrogen-bond acceptors (Lipinski definition) is 2. The Morgan fingerprint density at radius 1 is 1.25 bits per heavy atom. The minimum Gasteiger partial charge on any atom is -0.497 e. The van der Waals surface area contributed by atoms with Gasteiger partial charge in [-0.1, -0.05) is 15.9 Å². The van der Waals surface area contributed by atoms with Gasteiger partial charge in [-0.15, -0.1) is 0 Å². The van der Waals surface area contributed by atoms with E-state index in [1.807, 2.05) is 18.2 Å². The van der Waals surface area contributed by atoms with Gasteiger partial charge in [-0.3, -0.25) is 4.79 Å². The van der Waals surface area contributed by atoms with Gasteiger partial charge in [0.1, 0.15) is 11.6 Å². The lowest BCUT2D eigenvalue weighted by molar-refractivity contribution is 0.0992. The molecule has 0 heterocycles. The van der Waals surface area contributed by atoms with Crippen LogP contribution in [-0.2, 0) is 6.42 Å². The molecule has 0 bridgehead atoms. The summed E-state index contributed by atoms with van der Waals surface area (Å²) < 4.78 is 19.1. The Morgan fingerprint density at radius 3 is 2.65 bits per heavy atom. The number of methoxy groups -OCH3 is 1. The third-order valence-corrected chi connectivity index (χ3v) is 3.87. The van der Waals surface area contributed by atoms with Gasteiger partial charge in [0.2, 0.25) is 0 Å². The fourth-order valence-electron chi connectivity index (χ4n) is 2.02. The first-order valence-corrected chi connectivity index (χ1v) is 6.92. The highest BCUT2D eigenvalue weighted by atomic mass is 79.9. The molecule has 0 aromatic heterocycles. The van der Waals surface area contributed by atoms with Crippen molar-refractivity contribution in [1.29, 1.82) is 0 Å². The summed E-state index contributed by atoms with van der Waals surface area (Å²) in [6.07, 6.45) is 0.240. The van der Waals surface area contributed by atoms with Crippen LogP contribution < -0.4 is 4.74 Å². The number of carbonyl (C=O) groups is 1. The second kappa shape index (κ2) is 6.18. The normalized spacial score (nSPS) is 10.4. The molecule has 2 nitrogen and oxygen atoms in total. The van der Waals surface area contributed by atoms with Gasteiger partial charge in [-0.25, -0.2) is 4.39 Å². The van der Waals surface area contributed by atoms with E-state index in [1.165, 1.54) is 18.2 Å². The monoisotopic (exact) mass is 336 g/mol. The van der Waals surface area contributed by atoms with Crippen LogP contribution in [0.4, 0.5) is 4.39 Å². The predicted molar refractivity (Wildman–Crippen MR) is 79.9 cm³/mol. The molecule has 20 heavy (non-hydrogen) atoms. The van der Waals surface area contributed by atoms with Gasteiger partial charge in [0, 0.05) is 16.5 Å².